The van der Waals surface area contributed by atoms with E-state index in [9.17, 15) is 0 Å². The van der Waals surface area contributed by atoms with Crippen molar-refractivity contribution in [2.75, 3.05) is 13.2 Å². The van der Waals surface area contributed by atoms with Crippen LogP contribution in [0.5, 0.6) is 0 Å². The largest absolute Gasteiger partial charge is 0.396 e. The third-order valence-corrected chi connectivity index (χ3v) is 2.54. The van der Waals surface area contributed by atoms with Crippen molar-refractivity contribution in [3.63, 3.8) is 0 Å². The Kier molecular flexibility index (Phi) is 3.16. The zero-order valence-corrected chi connectivity index (χ0v) is 6.29. The van der Waals surface area contributed by atoms with E-state index in [-0.39, 0.29) is 19.1 Å². The van der Waals surface area contributed by atoms with Gasteiger partial charge in [0.05, 0.1) is 0 Å². The van der Waals surface area contributed by atoms with E-state index in [4.69, 9.17) is 10.2 Å². The number of aliphatic hydroxyl groups excluding tert-OH is 2. The number of rotatable bonds is 3. The summed E-state index contributed by atoms with van der Waals surface area (Å²) in [6, 6.07) is 0. The molecule has 0 unspecified atom stereocenters. The average molecular weight is 144 g/mol. The first-order valence-electron chi connectivity index (χ1n) is 4.10. The number of hydrogen-bond acceptors (Lipinski definition) is 2. The first-order chi connectivity index (χ1) is 4.88. The molecule has 0 atom stereocenters. The Morgan fingerprint density at radius 2 is 1.60 bits per heavy atom. The quantitative estimate of drug-likeness (QED) is 0.614. The van der Waals surface area contributed by atoms with Crippen molar-refractivity contribution in [3.8, 4) is 0 Å². The molecule has 0 aromatic carbocycles. The van der Waals surface area contributed by atoms with E-state index in [0.29, 0.717) is 5.92 Å². The molecule has 1 saturated carbocycles. The molecular weight excluding hydrogens is 128 g/mol. The van der Waals surface area contributed by atoms with Gasteiger partial charge in [-0.05, 0) is 5.92 Å². The fourth-order valence-electron chi connectivity index (χ4n) is 1.78. The highest BCUT2D eigenvalue weighted by Gasteiger charge is 2.23. The van der Waals surface area contributed by atoms with Gasteiger partial charge in [0, 0.05) is 19.1 Å². The Bertz CT molecular complexity index is 83.3. The van der Waals surface area contributed by atoms with E-state index >= 15 is 0 Å². The van der Waals surface area contributed by atoms with E-state index in [1.54, 1.807) is 0 Å². The first kappa shape index (κ1) is 8.02. The third-order valence-electron chi connectivity index (χ3n) is 2.54. The summed E-state index contributed by atoms with van der Waals surface area (Å²) in [7, 11) is 0. The Morgan fingerprint density at radius 1 is 1.10 bits per heavy atom. The minimum atomic E-state index is 0.154. The summed E-state index contributed by atoms with van der Waals surface area (Å²) in [6.45, 7) is 0.308. The molecule has 2 heteroatoms. The molecule has 0 aliphatic heterocycles. The molecule has 1 aliphatic carbocycles. The van der Waals surface area contributed by atoms with Crippen molar-refractivity contribution < 1.29 is 10.2 Å². The van der Waals surface area contributed by atoms with Crippen LogP contribution in [0, 0.1) is 11.8 Å². The van der Waals surface area contributed by atoms with Crippen molar-refractivity contribution in [1.82, 2.24) is 0 Å². The van der Waals surface area contributed by atoms with Gasteiger partial charge in [-0.2, -0.15) is 0 Å². The van der Waals surface area contributed by atoms with Crippen molar-refractivity contribution in [1.29, 1.82) is 0 Å². The maximum absolute atomic E-state index is 8.83. The van der Waals surface area contributed by atoms with E-state index in [0.717, 1.165) is 0 Å². The maximum atomic E-state index is 8.83. The molecule has 0 bridgehead atoms. The van der Waals surface area contributed by atoms with Crippen molar-refractivity contribution in [2.24, 2.45) is 11.8 Å². The summed E-state index contributed by atoms with van der Waals surface area (Å²) in [5.41, 5.74) is 0. The van der Waals surface area contributed by atoms with Gasteiger partial charge < -0.3 is 10.2 Å². The average Bonchev–Trinajstić information content (AvgIpc) is 2.43. The zero-order chi connectivity index (χ0) is 7.40. The molecule has 0 radical (unpaired) electrons. The Hall–Kier alpha value is -0.0800. The molecular formula is C8H16O2. The second kappa shape index (κ2) is 3.94. The minimum absolute atomic E-state index is 0.154. The van der Waals surface area contributed by atoms with Crippen LogP contribution in [0.2, 0.25) is 0 Å². The Balaban J connectivity index is 2.29. The number of aliphatic hydroxyl groups is 2. The number of hydrogen-bond donors (Lipinski definition) is 2. The highest BCUT2D eigenvalue weighted by molar-refractivity contribution is 4.74. The van der Waals surface area contributed by atoms with Crippen molar-refractivity contribution in [3.05, 3.63) is 0 Å². The first-order valence-corrected chi connectivity index (χ1v) is 4.10. The lowest BCUT2D eigenvalue weighted by molar-refractivity contribution is 0.108. The second-order valence-corrected chi connectivity index (χ2v) is 3.17. The van der Waals surface area contributed by atoms with Gasteiger partial charge in [-0.15, -0.1) is 0 Å². The lowest BCUT2D eigenvalue weighted by atomic mass is 9.92. The van der Waals surface area contributed by atoms with E-state index in [2.05, 4.69) is 0 Å². The second-order valence-electron chi connectivity index (χ2n) is 3.17. The summed E-state index contributed by atoms with van der Waals surface area (Å²) in [6.07, 6.45) is 4.96. The maximum Gasteiger partial charge on any atom is 0.0483 e. The highest BCUT2D eigenvalue weighted by Crippen LogP contribution is 2.30. The van der Waals surface area contributed by atoms with E-state index in [1.807, 2.05) is 0 Å². The smallest absolute Gasteiger partial charge is 0.0483 e. The molecule has 1 rings (SSSR count). The Labute approximate surface area is 61.9 Å². The topological polar surface area (TPSA) is 40.5 Å². The summed E-state index contributed by atoms with van der Waals surface area (Å²) in [5.74, 6) is 0.748. The lowest BCUT2D eigenvalue weighted by Crippen LogP contribution is -2.19. The SMILES string of the molecule is OCC(CO)C1CCCC1. The molecule has 10 heavy (non-hydrogen) atoms. The molecule has 0 amide bonds. The third kappa shape index (κ3) is 1.70. The van der Waals surface area contributed by atoms with Crippen molar-refractivity contribution in [2.45, 2.75) is 25.7 Å². The van der Waals surface area contributed by atoms with Crippen molar-refractivity contribution >= 4 is 0 Å². The molecule has 0 aromatic heterocycles. The van der Waals surface area contributed by atoms with Gasteiger partial charge in [0.2, 0.25) is 0 Å². The van der Waals surface area contributed by atoms with Crippen LogP contribution < -0.4 is 0 Å². The molecule has 1 aliphatic rings. The molecule has 2 N–H and O–H groups in total. The van der Waals surface area contributed by atoms with Crippen LogP contribution in [-0.4, -0.2) is 23.4 Å². The standard InChI is InChI=1S/C8H16O2/c9-5-8(6-10)7-3-1-2-4-7/h7-10H,1-6H2. The van der Waals surface area contributed by atoms with Crippen LogP contribution >= 0.6 is 0 Å². The fourth-order valence-corrected chi connectivity index (χ4v) is 1.78. The lowest BCUT2D eigenvalue weighted by Gasteiger charge is -2.17. The van der Waals surface area contributed by atoms with Crippen LogP contribution in [0.4, 0.5) is 0 Å². The summed E-state index contributed by atoms with van der Waals surface area (Å²) in [4.78, 5) is 0. The molecule has 0 aromatic rings. The molecule has 0 saturated heterocycles. The predicted molar refractivity (Wildman–Crippen MR) is 39.6 cm³/mol. The molecule has 2 nitrogen and oxygen atoms in total. The van der Waals surface area contributed by atoms with Crippen LogP contribution in [0.15, 0.2) is 0 Å². The van der Waals surface area contributed by atoms with Gasteiger partial charge in [0.1, 0.15) is 0 Å². The van der Waals surface area contributed by atoms with Crippen LogP contribution in [0.3, 0.4) is 0 Å². The summed E-state index contributed by atoms with van der Waals surface area (Å²) < 4.78 is 0. The molecule has 0 heterocycles. The zero-order valence-electron chi connectivity index (χ0n) is 6.29. The van der Waals surface area contributed by atoms with Gasteiger partial charge in [0.15, 0.2) is 0 Å². The van der Waals surface area contributed by atoms with Crippen LogP contribution in [0.25, 0.3) is 0 Å². The molecule has 60 valence electrons. The highest BCUT2D eigenvalue weighted by atomic mass is 16.3. The normalized spacial score (nSPS) is 20.7. The molecule has 0 spiro atoms. The van der Waals surface area contributed by atoms with Crippen LogP contribution in [-0.2, 0) is 0 Å². The van der Waals surface area contributed by atoms with Gasteiger partial charge in [-0.1, -0.05) is 25.7 Å². The predicted octanol–water partition coefficient (Wildman–Crippen LogP) is 0.777. The van der Waals surface area contributed by atoms with Gasteiger partial charge in [-0.25, -0.2) is 0 Å². The summed E-state index contributed by atoms with van der Waals surface area (Å²) in [5, 5.41) is 17.7. The summed E-state index contributed by atoms with van der Waals surface area (Å²) >= 11 is 0. The monoisotopic (exact) mass is 144 g/mol. The van der Waals surface area contributed by atoms with Gasteiger partial charge >= 0.3 is 0 Å². The minimum Gasteiger partial charge on any atom is -0.396 e. The van der Waals surface area contributed by atoms with Gasteiger partial charge in [0.25, 0.3) is 0 Å². The van der Waals surface area contributed by atoms with E-state index < -0.39 is 0 Å². The van der Waals surface area contributed by atoms with Crippen LogP contribution in [0.1, 0.15) is 25.7 Å². The van der Waals surface area contributed by atoms with E-state index in [1.165, 1.54) is 25.7 Å². The fraction of sp³-hybridized carbons (Fsp3) is 1.00. The Morgan fingerprint density at radius 3 is 2.00 bits per heavy atom. The van der Waals surface area contributed by atoms with Gasteiger partial charge in [-0.3, -0.25) is 0 Å². The molecule has 1 fully saturated rings.